The summed E-state index contributed by atoms with van der Waals surface area (Å²) in [6.45, 7) is 3.08. The molecule has 0 aliphatic rings. The number of hydrogen-bond acceptors (Lipinski definition) is 2. The maximum Gasteiger partial charge on any atom is 0.123 e. The van der Waals surface area contributed by atoms with Crippen LogP contribution in [0.2, 0.25) is 0 Å². The molecule has 0 saturated heterocycles. The van der Waals surface area contributed by atoms with Crippen LogP contribution in [0, 0.1) is 5.82 Å². The van der Waals surface area contributed by atoms with Crippen LogP contribution in [-0.2, 0) is 6.42 Å². The Hall–Kier alpha value is -1.87. The highest BCUT2D eigenvalue weighted by molar-refractivity contribution is 5.29. The topological polar surface area (TPSA) is 21.3 Å². The predicted octanol–water partition coefficient (Wildman–Crippen LogP) is 4.12. The minimum Gasteiger partial charge on any atom is -0.497 e. The zero-order valence-electron chi connectivity index (χ0n) is 12.6. The van der Waals surface area contributed by atoms with Gasteiger partial charge in [0.05, 0.1) is 7.11 Å². The van der Waals surface area contributed by atoms with Gasteiger partial charge < -0.3 is 10.1 Å². The Kier molecular flexibility index (Phi) is 5.76. The van der Waals surface area contributed by atoms with Crippen molar-refractivity contribution in [2.75, 3.05) is 13.7 Å². The lowest BCUT2D eigenvalue weighted by Gasteiger charge is -2.19. The van der Waals surface area contributed by atoms with Crippen LogP contribution in [-0.4, -0.2) is 13.7 Å². The lowest BCUT2D eigenvalue weighted by Crippen LogP contribution is -2.24. The summed E-state index contributed by atoms with van der Waals surface area (Å²) in [6.07, 6.45) is 1.94. The molecule has 0 spiro atoms. The van der Waals surface area contributed by atoms with Gasteiger partial charge in [-0.25, -0.2) is 4.39 Å². The summed E-state index contributed by atoms with van der Waals surface area (Å²) in [5, 5.41) is 3.53. The molecule has 0 aromatic heterocycles. The van der Waals surface area contributed by atoms with E-state index in [1.807, 2.05) is 24.3 Å². The molecule has 2 nitrogen and oxygen atoms in total. The van der Waals surface area contributed by atoms with Crippen molar-refractivity contribution in [2.45, 2.75) is 25.8 Å². The van der Waals surface area contributed by atoms with Crippen molar-refractivity contribution >= 4 is 0 Å². The van der Waals surface area contributed by atoms with Crippen molar-refractivity contribution in [1.82, 2.24) is 5.32 Å². The van der Waals surface area contributed by atoms with Gasteiger partial charge in [-0.05, 0) is 54.8 Å². The molecule has 1 unspecified atom stereocenters. The molecule has 21 heavy (non-hydrogen) atoms. The largest absolute Gasteiger partial charge is 0.497 e. The number of halogens is 1. The minimum atomic E-state index is -0.197. The van der Waals surface area contributed by atoms with Gasteiger partial charge in [-0.3, -0.25) is 0 Å². The van der Waals surface area contributed by atoms with Gasteiger partial charge in [-0.1, -0.05) is 31.2 Å². The quantitative estimate of drug-likeness (QED) is 0.827. The normalized spacial score (nSPS) is 12.1. The molecular weight excluding hydrogens is 265 g/mol. The van der Waals surface area contributed by atoms with E-state index in [-0.39, 0.29) is 11.9 Å². The molecule has 1 atom stereocenters. The van der Waals surface area contributed by atoms with Crippen LogP contribution in [0.1, 0.15) is 30.5 Å². The number of hydrogen-bond donors (Lipinski definition) is 1. The second-order valence-corrected chi connectivity index (χ2v) is 5.11. The summed E-state index contributed by atoms with van der Waals surface area (Å²) in [4.78, 5) is 0. The summed E-state index contributed by atoms with van der Waals surface area (Å²) >= 11 is 0. The van der Waals surface area contributed by atoms with Gasteiger partial charge in [0, 0.05) is 6.04 Å². The lowest BCUT2D eigenvalue weighted by atomic mass is 9.98. The first-order chi connectivity index (χ1) is 10.2. The summed E-state index contributed by atoms with van der Waals surface area (Å²) in [7, 11) is 1.67. The molecule has 2 aromatic carbocycles. The van der Waals surface area contributed by atoms with E-state index in [9.17, 15) is 4.39 Å². The van der Waals surface area contributed by atoms with Gasteiger partial charge in [-0.2, -0.15) is 0 Å². The van der Waals surface area contributed by atoms with Crippen LogP contribution < -0.4 is 10.1 Å². The smallest absolute Gasteiger partial charge is 0.123 e. The SMILES string of the molecule is CCCNC(Cc1ccc(OC)cc1)c1ccc(F)cc1. The summed E-state index contributed by atoms with van der Waals surface area (Å²) in [6, 6.07) is 15.0. The molecule has 0 aliphatic carbocycles. The molecule has 0 heterocycles. The Morgan fingerprint density at radius 3 is 2.29 bits per heavy atom. The van der Waals surface area contributed by atoms with E-state index >= 15 is 0 Å². The van der Waals surface area contributed by atoms with E-state index in [1.54, 1.807) is 7.11 Å². The van der Waals surface area contributed by atoms with Crippen LogP contribution in [0.25, 0.3) is 0 Å². The third-order valence-corrected chi connectivity index (χ3v) is 3.51. The van der Waals surface area contributed by atoms with Crippen molar-refractivity contribution < 1.29 is 9.13 Å². The first kappa shape index (κ1) is 15.5. The number of nitrogens with one attached hydrogen (secondary N) is 1. The van der Waals surface area contributed by atoms with E-state index in [2.05, 4.69) is 24.4 Å². The zero-order chi connectivity index (χ0) is 15.1. The first-order valence-corrected chi connectivity index (χ1v) is 7.34. The van der Waals surface area contributed by atoms with E-state index in [0.29, 0.717) is 0 Å². The van der Waals surface area contributed by atoms with E-state index < -0.39 is 0 Å². The molecule has 0 fully saturated rings. The minimum absolute atomic E-state index is 0.193. The lowest BCUT2D eigenvalue weighted by molar-refractivity contribution is 0.414. The third-order valence-electron chi connectivity index (χ3n) is 3.51. The molecule has 0 bridgehead atoms. The second-order valence-electron chi connectivity index (χ2n) is 5.11. The highest BCUT2D eigenvalue weighted by Crippen LogP contribution is 2.21. The first-order valence-electron chi connectivity index (χ1n) is 7.34. The monoisotopic (exact) mass is 287 g/mol. The van der Waals surface area contributed by atoms with Gasteiger partial charge in [0.15, 0.2) is 0 Å². The van der Waals surface area contributed by atoms with Crippen LogP contribution in [0.15, 0.2) is 48.5 Å². The van der Waals surface area contributed by atoms with Crippen molar-refractivity contribution in [3.63, 3.8) is 0 Å². The highest BCUT2D eigenvalue weighted by Gasteiger charge is 2.11. The summed E-state index contributed by atoms with van der Waals surface area (Å²) in [5.41, 5.74) is 2.34. The van der Waals surface area contributed by atoms with Gasteiger partial charge >= 0.3 is 0 Å². The fourth-order valence-electron chi connectivity index (χ4n) is 2.32. The highest BCUT2D eigenvalue weighted by atomic mass is 19.1. The molecular formula is C18H22FNO. The van der Waals surface area contributed by atoms with Crippen molar-refractivity contribution in [1.29, 1.82) is 0 Å². The molecule has 2 aromatic rings. The predicted molar refractivity (Wildman–Crippen MR) is 84.1 cm³/mol. The molecule has 3 heteroatoms. The van der Waals surface area contributed by atoms with Crippen LogP contribution >= 0.6 is 0 Å². The molecule has 1 N–H and O–H groups in total. The Labute approximate surface area is 126 Å². The van der Waals surface area contributed by atoms with Crippen LogP contribution in [0.4, 0.5) is 4.39 Å². The fraction of sp³-hybridized carbons (Fsp3) is 0.333. The van der Waals surface area contributed by atoms with Gasteiger partial charge in [0.25, 0.3) is 0 Å². The van der Waals surface area contributed by atoms with Crippen molar-refractivity contribution in [3.05, 3.63) is 65.5 Å². The number of ether oxygens (including phenoxy) is 1. The maximum absolute atomic E-state index is 13.1. The average molecular weight is 287 g/mol. The number of methoxy groups -OCH3 is 1. The van der Waals surface area contributed by atoms with E-state index in [1.165, 1.54) is 17.7 Å². The Bertz CT molecular complexity index is 536. The summed E-state index contributed by atoms with van der Waals surface area (Å²) in [5.74, 6) is 0.663. The molecule has 0 amide bonds. The van der Waals surface area contributed by atoms with Crippen molar-refractivity contribution in [3.8, 4) is 5.75 Å². The molecule has 2 rings (SSSR count). The van der Waals surface area contributed by atoms with Crippen LogP contribution in [0.3, 0.4) is 0 Å². The fourth-order valence-corrected chi connectivity index (χ4v) is 2.32. The maximum atomic E-state index is 13.1. The van der Waals surface area contributed by atoms with Crippen LogP contribution in [0.5, 0.6) is 5.75 Å². The summed E-state index contributed by atoms with van der Waals surface area (Å²) < 4.78 is 18.3. The van der Waals surface area contributed by atoms with Gasteiger partial charge in [-0.15, -0.1) is 0 Å². The molecule has 0 aliphatic heterocycles. The number of rotatable bonds is 7. The standard InChI is InChI=1S/C18H22FNO/c1-3-12-20-18(15-6-8-16(19)9-7-15)13-14-4-10-17(21-2)11-5-14/h4-11,18,20H,3,12-13H2,1-2H3. The molecule has 0 saturated carbocycles. The van der Waals surface area contributed by atoms with E-state index in [0.717, 1.165) is 30.7 Å². The Balaban J connectivity index is 2.13. The van der Waals surface area contributed by atoms with Gasteiger partial charge in [0.2, 0.25) is 0 Å². The average Bonchev–Trinajstić information content (AvgIpc) is 2.53. The Morgan fingerprint density at radius 2 is 1.71 bits per heavy atom. The van der Waals surface area contributed by atoms with Gasteiger partial charge in [0.1, 0.15) is 11.6 Å². The van der Waals surface area contributed by atoms with E-state index in [4.69, 9.17) is 4.74 Å². The second kappa shape index (κ2) is 7.79. The Morgan fingerprint density at radius 1 is 1.05 bits per heavy atom. The van der Waals surface area contributed by atoms with Crippen molar-refractivity contribution in [2.24, 2.45) is 0 Å². The molecule has 0 radical (unpaired) electrons. The molecule has 112 valence electrons. The third kappa shape index (κ3) is 4.57. The zero-order valence-corrected chi connectivity index (χ0v) is 12.6. The number of benzene rings is 2.